The molecule has 1 atom stereocenters. The van der Waals surface area contributed by atoms with E-state index in [4.69, 9.17) is 4.74 Å². The first-order valence-electron chi connectivity index (χ1n) is 7.63. The van der Waals surface area contributed by atoms with E-state index in [9.17, 15) is 13.2 Å². The number of carbonyl (C=O) groups excluding carboxylic acids is 1. The summed E-state index contributed by atoms with van der Waals surface area (Å²) in [4.78, 5) is 11.9. The van der Waals surface area contributed by atoms with Crippen molar-refractivity contribution in [2.24, 2.45) is 7.05 Å². The first-order chi connectivity index (χ1) is 10.8. The van der Waals surface area contributed by atoms with Gasteiger partial charge < -0.3 is 4.74 Å². The van der Waals surface area contributed by atoms with Crippen LogP contribution in [0.1, 0.15) is 36.2 Å². The zero-order valence-electron chi connectivity index (χ0n) is 13.7. The van der Waals surface area contributed by atoms with Crippen LogP contribution < -0.4 is 4.72 Å². The lowest BCUT2D eigenvalue weighted by Gasteiger charge is -2.22. The quantitative estimate of drug-likeness (QED) is 0.809. The average Bonchev–Trinajstić information content (AvgIpc) is 2.70. The van der Waals surface area contributed by atoms with Crippen molar-refractivity contribution in [3.63, 3.8) is 0 Å². The highest BCUT2D eigenvalue weighted by Gasteiger charge is 2.23. The summed E-state index contributed by atoms with van der Waals surface area (Å²) < 4.78 is 33.2. The normalized spacial score (nSPS) is 19.2. The molecule has 2 rings (SSSR count). The number of aromatic nitrogens is 2. The van der Waals surface area contributed by atoms with Crippen molar-refractivity contribution in [3.05, 3.63) is 23.0 Å². The Bertz CT molecular complexity index is 701. The van der Waals surface area contributed by atoms with E-state index in [0.717, 1.165) is 29.8 Å². The third-order valence-electron chi connectivity index (χ3n) is 3.90. The fraction of sp³-hybridized carbons (Fsp3) is 0.600. The highest BCUT2D eigenvalue weighted by atomic mass is 32.2. The van der Waals surface area contributed by atoms with Crippen LogP contribution in [-0.4, -0.2) is 42.6 Å². The molecule has 1 aromatic heterocycles. The SMILES string of the molecule is Cc1nn(C)c(C)c1/C=C\C(=O)NS(=O)(=O)C[C@@H]1CCCCO1. The second kappa shape index (κ2) is 7.27. The molecule has 0 unspecified atom stereocenters. The maximum Gasteiger partial charge on any atom is 0.257 e. The molecule has 0 bridgehead atoms. The van der Waals surface area contributed by atoms with Crippen molar-refractivity contribution in [2.45, 2.75) is 39.2 Å². The smallest absolute Gasteiger partial charge is 0.257 e. The molecule has 0 radical (unpaired) electrons. The van der Waals surface area contributed by atoms with Gasteiger partial charge in [0.25, 0.3) is 5.91 Å². The fourth-order valence-corrected chi connectivity index (χ4v) is 3.81. The number of nitrogens with zero attached hydrogens (tertiary/aromatic N) is 2. The molecule has 7 nitrogen and oxygen atoms in total. The number of amides is 1. The molecule has 0 aliphatic carbocycles. The predicted molar refractivity (Wildman–Crippen MR) is 87.2 cm³/mol. The number of nitrogens with one attached hydrogen (secondary N) is 1. The van der Waals surface area contributed by atoms with Crippen LogP contribution in [0.2, 0.25) is 0 Å². The molecule has 1 aliphatic rings. The molecule has 0 aromatic carbocycles. The van der Waals surface area contributed by atoms with Crippen LogP contribution in [0.3, 0.4) is 0 Å². The van der Waals surface area contributed by atoms with E-state index < -0.39 is 15.9 Å². The highest BCUT2D eigenvalue weighted by molar-refractivity contribution is 7.90. The topological polar surface area (TPSA) is 90.3 Å². The molecule has 0 saturated carbocycles. The van der Waals surface area contributed by atoms with Crippen LogP contribution in [0.25, 0.3) is 6.08 Å². The van der Waals surface area contributed by atoms with Gasteiger partial charge >= 0.3 is 0 Å². The number of sulfonamides is 1. The molecule has 1 amide bonds. The number of carbonyl (C=O) groups is 1. The first-order valence-corrected chi connectivity index (χ1v) is 9.28. The fourth-order valence-electron chi connectivity index (χ4n) is 2.60. The summed E-state index contributed by atoms with van der Waals surface area (Å²) in [5.74, 6) is -0.846. The second-order valence-corrected chi connectivity index (χ2v) is 7.54. The summed E-state index contributed by atoms with van der Waals surface area (Å²) in [6.45, 7) is 4.30. The van der Waals surface area contributed by atoms with Crippen LogP contribution in [0.15, 0.2) is 6.08 Å². The van der Waals surface area contributed by atoms with Crippen LogP contribution >= 0.6 is 0 Å². The molecule has 2 heterocycles. The number of hydrogen-bond donors (Lipinski definition) is 1. The van der Waals surface area contributed by atoms with E-state index in [1.807, 2.05) is 20.9 Å². The average molecular weight is 341 g/mol. The Labute approximate surface area is 136 Å². The molecular formula is C15H23N3O4S. The minimum absolute atomic E-state index is 0.183. The maximum atomic E-state index is 12.0. The predicted octanol–water partition coefficient (Wildman–Crippen LogP) is 1.07. The van der Waals surface area contributed by atoms with Crippen LogP contribution in [0, 0.1) is 13.8 Å². The van der Waals surface area contributed by atoms with Crippen molar-refractivity contribution in [1.82, 2.24) is 14.5 Å². The summed E-state index contributed by atoms with van der Waals surface area (Å²) >= 11 is 0. The minimum Gasteiger partial charge on any atom is -0.377 e. The zero-order chi connectivity index (χ0) is 17.0. The van der Waals surface area contributed by atoms with Crippen LogP contribution in [-0.2, 0) is 26.6 Å². The summed E-state index contributed by atoms with van der Waals surface area (Å²) in [5, 5.41) is 4.24. The van der Waals surface area contributed by atoms with Gasteiger partial charge in [-0.1, -0.05) is 0 Å². The molecule has 1 saturated heterocycles. The maximum absolute atomic E-state index is 12.0. The summed E-state index contributed by atoms with van der Waals surface area (Å²) in [6, 6.07) is 0. The van der Waals surface area contributed by atoms with Crippen LogP contribution in [0.4, 0.5) is 0 Å². The van der Waals surface area contributed by atoms with Gasteiger partial charge in [0.1, 0.15) is 0 Å². The third-order valence-corrected chi connectivity index (χ3v) is 5.22. The summed E-state index contributed by atoms with van der Waals surface area (Å²) in [6.07, 6.45) is 5.08. The highest BCUT2D eigenvalue weighted by Crippen LogP contribution is 2.15. The van der Waals surface area contributed by atoms with Crippen LogP contribution in [0.5, 0.6) is 0 Å². The Kier molecular flexibility index (Phi) is 5.59. The lowest BCUT2D eigenvalue weighted by Crippen LogP contribution is -2.37. The van der Waals surface area contributed by atoms with E-state index in [1.54, 1.807) is 10.8 Å². The van der Waals surface area contributed by atoms with Gasteiger partial charge in [-0.05, 0) is 39.2 Å². The van der Waals surface area contributed by atoms with Gasteiger partial charge in [-0.3, -0.25) is 9.48 Å². The number of hydrogen-bond acceptors (Lipinski definition) is 5. The minimum atomic E-state index is -3.70. The molecule has 8 heteroatoms. The largest absolute Gasteiger partial charge is 0.377 e. The number of ether oxygens (including phenoxy) is 1. The Morgan fingerprint density at radius 1 is 1.43 bits per heavy atom. The number of rotatable bonds is 5. The van der Waals surface area contributed by atoms with Gasteiger partial charge in [-0.15, -0.1) is 0 Å². The monoisotopic (exact) mass is 341 g/mol. The Balaban J connectivity index is 1.96. The van der Waals surface area contributed by atoms with Gasteiger partial charge in [-0.2, -0.15) is 5.10 Å². The summed E-state index contributed by atoms with van der Waals surface area (Å²) in [5.41, 5.74) is 2.51. The summed E-state index contributed by atoms with van der Waals surface area (Å²) in [7, 11) is -1.88. The van der Waals surface area contributed by atoms with Gasteiger partial charge in [0, 0.05) is 31.0 Å². The third kappa shape index (κ3) is 4.90. The number of aryl methyl sites for hydroxylation is 2. The molecule has 1 aromatic rings. The van der Waals surface area contributed by atoms with Crippen molar-refractivity contribution in [2.75, 3.05) is 12.4 Å². The van der Waals surface area contributed by atoms with E-state index in [-0.39, 0.29) is 11.9 Å². The Hall–Kier alpha value is -1.67. The van der Waals surface area contributed by atoms with Gasteiger partial charge in [0.15, 0.2) is 0 Å². The van der Waals surface area contributed by atoms with Crippen molar-refractivity contribution in [3.8, 4) is 0 Å². The van der Waals surface area contributed by atoms with Crippen molar-refractivity contribution < 1.29 is 17.9 Å². The second-order valence-electron chi connectivity index (χ2n) is 5.78. The molecule has 1 N–H and O–H groups in total. The molecular weight excluding hydrogens is 318 g/mol. The Morgan fingerprint density at radius 2 is 2.17 bits per heavy atom. The Morgan fingerprint density at radius 3 is 2.74 bits per heavy atom. The van der Waals surface area contributed by atoms with E-state index >= 15 is 0 Å². The standard InChI is InChI=1S/C15H23N3O4S/c1-11-14(12(2)18(3)16-11)7-8-15(19)17-23(20,21)10-13-6-4-5-9-22-13/h7-8,13H,4-6,9-10H2,1-3H3,(H,17,19)/b8-7-/t13-/m0/s1. The first kappa shape index (κ1) is 17.7. The van der Waals surface area contributed by atoms with E-state index in [2.05, 4.69) is 9.82 Å². The molecule has 0 spiro atoms. The lowest BCUT2D eigenvalue weighted by molar-refractivity contribution is -0.114. The molecule has 23 heavy (non-hydrogen) atoms. The van der Waals surface area contributed by atoms with Gasteiger partial charge in [0.05, 0.1) is 17.6 Å². The van der Waals surface area contributed by atoms with Gasteiger partial charge in [0.2, 0.25) is 10.0 Å². The molecule has 128 valence electrons. The van der Waals surface area contributed by atoms with E-state index in [1.165, 1.54) is 6.08 Å². The molecule has 1 aliphatic heterocycles. The lowest BCUT2D eigenvalue weighted by atomic mass is 10.1. The zero-order valence-corrected chi connectivity index (χ0v) is 14.5. The van der Waals surface area contributed by atoms with Gasteiger partial charge in [-0.25, -0.2) is 13.1 Å². The van der Waals surface area contributed by atoms with Crippen molar-refractivity contribution >= 4 is 22.0 Å². The van der Waals surface area contributed by atoms with E-state index in [0.29, 0.717) is 13.0 Å². The van der Waals surface area contributed by atoms with Crippen molar-refractivity contribution in [1.29, 1.82) is 0 Å². The molecule has 1 fully saturated rings.